The van der Waals surface area contributed by atoms with Crippen LogP contribution in [-0.2, 0) is 14.9 Å². The fraction of sp³-hybridized carbons (Fsp3) is 0.462. The molecule has 0 bridgehead atoms. The van der Waals surface area contributed by atoms with Gasteiger partial charge in [-0.15, -0.1) is 0 Å². The van der Waals surface area contributed by atoms with Crippen molar-refractivity contribution in [2.75, 3.05) is 24.9 Å². The highest BCUT2D eigenvalue weighted by Crippen LogP contribution is 2.20. The lowest BCUT2D eigenvalue weighted by atomic mass is 10.2. The molecule has 0 saturated carbocycles. The van der Waals surface area contributed by atoms with E-state index >= 15 is 0 Å². The molecule has 1 aromatic carbocycles. The Morgan fingerprint density at radius 3 is 2.52 bits per heavy atom. The van der Waals surface area contributed by atoms with Crippen LogP contribution in [0.3, 0.4) is 0 Å². The van der Waals surface area contributed by atoms with Crippen LogP contribution >= 0.6 is 0 Å². The second-order valence-electron chi connectivity index (χ2n) is 4.75. The number of hydrogen-bond acceptors (Lipinski definition) is 4. The summed E-state index contributed by atoms with van der Waals surface area (Å²) in [7, 11) is -2.58. The van der Waals surface area contributed by atoms with Crippen molar-refractivity contribution in [2.24, 2.45) is 0 Å². The molecule has 1 aliphatic heterocycles. The van der Waals surface area contributed by atoms with Crippen molar-refractivity contribution in [1.82, 2.24) is 4.31 Å². The van der Waals surface area contributed by atoms with Crippen LogP contribution in [0.25, 0.3) is 0 Å². The van der Waals surface area contributed by atoms with Crippen LogP contribution in [0.2, 0.25) is 0 Å². The Balaban J connectivity index is 2.17. The standard InChI is InChI=1S/C13H17FN2O4S/c1-20-13(17)10-5-6-12(11(14)9-10)15-21(18,19)16-7-3-2-4-8-16/h5-6,9,15H,2-4,7-8H2,1H3. The quantitative estimate of drug-likeness (QED) is 0.859. The molecular formula is C13H17FN2O4S. The molecule has 8 heteroatoms. The normalized spacial score (nSPS) is 16.5. The lowest BCUT2D eigenvalue weighted by Gasteiger charge is -2.26. The summed E-state index contributed by atoms with van der Waals surface area (Å²) in [5, 5.41) is 0. The largest absolute Gasteiger partial charge is 0.465 e. The highest BCUT2D eigenvalue weighted by Gasteiger charge is 2.24. The molecule has 0 unspecified atom stereocenters. The Morgan fingerprint density at radius 1 is 1.29 bits per heavy atom. The first-order valence-electron chi connectivity index (χ1n) is 6.60. The van der Waals surface area contributed by atoms with Crippen LogP contribution in [0.1, 0.15) is 29.6 Å². The van der Waals surface area contributed by atoms with E-state index < -0.39 is 22.0 Å². The van der Waals surface area contributed by atoms with Gasteiger partial charge in [-0.2, -0.15) is 12.7 Å². The van der Waals surface area contributed by atoms with Gasteiger partial charge in [-0.25, -0.2) is 9.18 Å². The van der Waals surface area contributed by atoms with E-state index in [2.05, 4.69) is 9.46 Å². The van der Waals surface area contributed by atoms with E-state index in [-0.39, 0.29) is 11.3 Å². The first kappa shape index (κ1) is 15.7. The van der Waals surface area contributed by atoms with Crippen LogP contribution in [0.5, 0.6) is 0 Å². The topological polar surface area (TPSA) is 75.7 Å². The fourth-order valence-electron chi connectivity index (χ4n) is 2.15. The molecule has 0 spiro atoms. The van der Waals surface area contributed by atoms with Crippen molar-refractivity contribution in [3.63, 3.8) is 0 Å². The van der Waals surface area contributed by atoms with Crippen molar-refractivity contribution in [2.45, 2.75) is 19.3 Å². The minimum Gasteiger partial charge on any atom is -0.465 e. The first-order valence-corrected chi connectivity index (χ1v) is 8.04. The lowest BCUT2D eigenvalue weighted by molar-refractivity contribution is 0.0600. The number of hydrogen-bond donors (Lipinski definition) is 1. The summed E-state index contributed by atoms with van der Waals surface area (Å²) >= 11 is 0. The molecule has 116 valence electrons. The molecule has 1 aliphatic rings. The van der Waals surface area contributed by atoms with Gasteiger partial charge in [-0.3, -0.25) is 4.72 Å². The fourth-order valence-corrected chi connectivity index (χ4v) is 3.46. The van der Waals surface area contributed by atoms with Crippen LogP contribution in [-0.4, -0.2) is 38.9 Å². The van der Waals surface area contributed by atoms with Crippen LogP contribution < -0.4 is 4.72 Å². The summed E-state index contributed by atoms with van der Waals surface area (Å²) in [6, 6.07) is 3.46. The molecule has 0 aliphatic carbocycles. The summed E-state index contributed by atoms with van der Waals surface area (Å²) < 4.78 is 46.2. The van der Waals surface area contributed by atoms with E-state index in [1.165, 1.54) is 23.5 Å². The number of esters is 1. The maximum atomic E-state index is 13.9. The predicted molar refractivity (Wildman–Crippen MR) is 75.7 cm³/mol. The van der Waals surface area contributed by atoms with Gasteiger partial charge in [0.25, 0.3) is 0 Å². The molecule has 1 fully saturated rings. The zero-order chi connectivity index (χ0) is 15.5. The average molecular weight is 316 g/mol. The number of ether oxygens (including phenoxy) is 1. The second-order valence-corrected chi connectivity index (χ2v) is 6.42. The van der Waals surface area contributed by atoms with Gasteiger partial charge in [0.05, 0.1) is 18.4 Å². The maximum Gasteiger partial charge on any atom is 0.337 e. The monoisotopic (exact) mass is 316 g/mol. The van der Waals surface area contributed by atoms with Gasteiger partial charge in [0.1, 0.15) is 5.82 Å². The number of carbonyl (C=O) groups excluding carboxylic acids is 1. The van der Waals surface area contributed by atoms with Gasteiger partial charge >= 0.3 is 16.2 Å². The Morgan fingerprint density at radius 2 is 1.95 bits per heavy atom. The van der Waals surface area contributed by atoms with Crippen LogP contribution in [0, 0.1) is 5.82 Å². The highest BCUT2D eigenvalue weighted by atomic mass is 32.2. The van der Waals surface area contributed by atoms with Crippen molar-refractivity contribution in [1.29, 1.82) is 0 Å². The molecule has 0 aromatic heterocycles. The van der Waals surface area contributed by atoms with Gasteiger partial charge in [0.2, 0.25) is 0 Å². The number of benzene rings is 1. The predicted octanol–water partition coefficient (Wildman–Crippen LogP) is 1.75. The minimum atomic E-state index is -3.77. The van der Waals surface area contributed by atoms with E-state index in [1.54, 1.807) is 0 Å². The average Bonchev–Trinajstić information content (AvgIpc) is 2.49. The van der Waals surface area contributed by atoms with Gasteiger partial charge < -0.3 is 4.74 Å². The van der Waals surface area contributed by atoms with Crippen molar-refractivity contribution >= 4 is 21.9 Å². The third-order valence-electron chi connectivity index (χ3n) is 3.28. The SMILES string of the molecule is COC(=O)c1ccc(NS(=O)(=O)N2CCCCC2)c(F)c1. The van der Waals surface area contributed by atoms with Gasteiger partial charge in [-0.05, 0) is 31.0 Å². The number of piperidine rings is 1. The van der Waals surface area contributed by atoms with Crippen molar-refractivity contribution in [3.8, 4) is 0 Å². The smallest absolute Gasteiger partial charge is 0.337 e. The maximum absolute atomic E-state index is 13.9. The molecule has 6 nitrogen and oxygen atoms in total. The third kappa shape index (κ3) is 3.70. The van der Waals surface area contributed by atoms with Crippen LogP contribution in [0.4, 0.5) is 10.1 Å². The summed E-state index contributed by atoms with van der Waals surface area (Å²) in [6.07, 6.45) is 2.59. The highest BCUT2D eigenvalue weighted by molar-refractivity contribution is 7.90. The van der Waals surface area contributed by atoms with E-state index in [4.69, 9.17) is 0 Å². The Hall–Kier alpha value is -1.67. The summed E-state index contributed by atoms with van der Waals surface area (Å²) in [4.78, 5) is 11.3. The van der Waals surface area contributed by atoms with Gasteiger partial charge in [0.15, 0.2) is 0 Å². The van der Waals surface area contributed by atoms with Gasteiger partial charge in [0, 0.05) is 13.1 Å². The van der Waals surface area contributed by atoms with E-state index in [0.29, 0.717) is 13.1 Å². The summed E-state index contributed by atoms with van der Waals surface area (Å²) in [5.74, 6) is -1.50. The number of halogens is 1. The minimum absolute atomic E-state index is 0.0240. The number of carbonyl (C=O) groups is 1. The number of methoxy groups -OCH3 is 1. The summed E-state index contributed by atoms with van der Waals surface area (Å²) in [6.45, 7) is 0.856. The second kappa shape index (κ2) is 6.40. The molecule has 1 heterocycles. The van der Waals surface area contributed by atoms with E-state index in [9.17, 15) is 17.6 Å². The molecular weight excluding hydrogens is 299 g/mol. The molecule has 21 heavy (non-hydrogen) atoms. The first-order chi connectivity index (χ1) is 9.94. The molecule has 0 amide bonds. The van der Waals surface area contributed by atoms with Crippen molar-refractivity contribution < 1.29 is 22.3 Å². The zero-order valence-corrected chi connectivity index (χ0v) is 12.5. The van der Waals surface area contributed by atoms with Crippen LogP contribution in [0.15, 0.2) is 18.2 Å². The van der Waals surface area contributed by atoms with Crippen molar-refractivity contribution in [3.05, 3.63) is 29.6 Å². The van der Waals surface area contributed by atoms with Gasteiger partial charge in [-0.1, -0.05) is 6.42 Å². The molecule has 0 atom stereocenters. The Kier molecular flexibility index (Phi) is 4.79. The lowest BCUT2D eigenvalue weighted by Crippen LogP contribution is -2.39. The number of anilines is 1. The van der Waals surface area contributed by atoms with E-state index in [1.807, 2.05) is 0 Å². The number of nitrogens with zero attached hydrogens (tertiary/aromatic N) is 1. The molecule has 0 radical (unpaired) electrons. The number of rotatable bonds is 4. The molecule has 1 saturated heterocycles. The zero-order valence-electron chi connectivity index (χ0n) is 11.6. The molecule has 1 N–H and O–H groups in total. The summed E-state index contributed by atoms with van der Waals surface area (Å²) in [5.41, 5.74) is -0.163. The molecule has 2 rings (SSSR count). The third-order valence-corrected chi connectivity index (χ3v) is 4.81. The van der Waals surface area contributed by atoms with E-state index in [0.717, 1.165) is 25.3 Å². The number of nitrogens with one attached hydrogen (secondary N) is 1. The molecule has 1 aromatic rings. The Bertz CT molecular complexity index is 627. The Labute approximate surface area is 123 Å².